The Morgan fingerprint density at radius 2 is 2.10 bits per heavy atom. The second kappa shape index (κ2) is 5.56. The van der Waals surface area contributed by atoms with Crippen LogP contribution in [0.5, 0.6) is 0 Å². The number of hydrogen-bond acceptors (Lipinski definition) is 4. The van der Waals surface area contributed by atoms with Gasteiger partial charge in [-0.25, -0.2) is 4.98 Å². The highest BCUT2D eigenvalue weighted by atomic mass is 16.5. The second-order valence-electron chi connectivity index (χ2n) is 4.83. The summed E-state index contributed by atoms with van der Waals surface area (Å²) in [5, 5.41) is 3.18. The predicted octanol–water partition coefficient (Wildman–Crippen LogP) is 1.15. The van der Waals surface area contributed by atoms with Crippen LogP contribution in [0.4, 0.5) is 0 Å². The summed E-state index contributed by atoms with van der Waals surface area (Å²) < 4.78 is 5.52. The average Bonchev–Trinajstić information content (AvgIpc) is 2.49. The summed E-state index contributed by atoms with van der Waals surface area (Å²) in [7, 11) is 1.62. The van der Waals surface area contributed by atoms with Crippen LogP contribution in [0.1, 0.15) is 28.7 Å². The minimum atomic E-state index is -0.343. The molecule has 20 heavy (non-hydrogen) atoms. The maximum Gasteiger partial charge on any atom is 0.255 e. The molecule has 104 valence electrons. The van der Waals surface area contributed by atoms with Crippen LogP contribution in [0.2, 0.25) is 0 Å². The van der Waals surface area contributed by atoms with Gasteiger partial charge in [-0.3, -0.25) is 4.79 Å². The van der Waals surface area contributed by atoms with Gasteiger partial charge in [-0.05, 0) is 5.56 Å². The highest BCUT2D eigenvalue weighted by molar-refractivity contribution is 5.26. The van der Waals surface area contributed by atoms with Crippen molar-refractivity contribution in [2.24, 2.45) is 0 Å². The molecule has 0 fully saturated rings. The third-order valence-electron chi connectivity index (χ3n) is 3.55. The summed E-state index contributed by atoms with van der Waals surface area (Å²) in [6.07, 6.45) is 0.432. The lowest BCUT2D eigenvalue weighted by Gasteiger charge is -2.19. The third-order valence-corrected chi connectivity index (χ3v) is 3.55. The molecule has 0 bridgehead atoms. The molecule has 1 aromatic heterocycles. The van der Waals surface area contributed by atoms with Crippen LogP contribution < -0.4 is 10.9 Å². The van der Waals surface area contributed by atoms with Crippen LogP contribution in [-0.2, 0) is 17.7 Å². The summed E-state index contributed by atoms with van der Waals surface area (Å²) in [6.45, 7) is 1.44. The number of methoxy groups -OCH3 is 1. The van der Waals surface area contributed by atoms with E-state index in [1.807, 2.05) is 30.3 Å². The molecule has 1 unspecified atom stereocenters. The Morgan fingerprint density at radius 3 is 2.85 bits per heavy atom. The largest absolute Gasteiger partial charge is 0.369 e. The Labute approximate surface area is 117 Å². The highest BCUT2D eigenvalue weighted by Crippen LogP contribution is 2.22. The lowest BCUT2D eigenvalue weighted by molar-refractivity contribution is 0.128. The van der Waals surface area contributed by atoms with Crippen molar-refractivity contribution >= 4 is 0 Å². The molecule has 1 aliphatic rings. The number of aromatic amines is 1. The van der Waals surface area contributed by atoms with E-state index in [4.69, 9.17) is 4.74 Å². The molecule has 3 rings (SSSR count). The van der Waals surface area contributed by atoms with Gasteiger partial charge in [0.25, 0.3) is 5.56 Å². The van der Waals surface area contributed by atoms with E-state index >= 15 is 0 Å². The van der Waals surface area contributed by atoms with E-state index in [1.165, 1.54) is 0 Å². The van der Waals surface area contributed by atoms with E-state index in [-0.39, 0.29) is 11.7 Å². The molecule has 5 heteroatoms. The number of hydrogen-bond donors (Lipinski definition) is 2. The van der Waals surface area contributed by atoms with Crippen molar-refractivity contribution in [1.29, 1.82) is 0 Å². The summed E-state index contributed by atoms with van der Waals surface area (Å²) >= 11 is 0. The Morgan fingerprint density at radius 1 is 1.30 bits per heavy atom. The van der Waals surface area contributed by atoms with Gasteiger partial charge in [0.15, 0.2) is 0 Å². The standard InChI is InChI=1S/C15H17N3O2/c1-20-13(10-5-3-2-4-6-10)14-17-12-7-8-16-9-11(12)15(19)18-14/h2-6,13,16H,7-9H2,1H3,(H,17,18,19). The first kappa shape index (κ1) is 13.0. The van der Waals surface area contributed by atoms with Gasteiger partial charge in [-0.15, -0.1) is 0 Å². The molecule has 0 spiro atoms. The molecule has 1 aliphatic heterocycles. The SMILES string of the molecule is COC(c1ccccc1)c1nc2c(c(=O)[nH]1)CNCC2. The van der Waals surface area contributed by atoms with Gasteiger partial charge in [-0.2, -0.15) is 0 Å². The summed E-state index contributed by atoms with van der Waals surface area (Å²) in [6, 6.07) is 9.78. The molecule has 0 aliphatic carbocycles. The summed E-state index contributed by atoms with van der Waals surface area (Å²) in [4.78, 5) is 19.6. The quantitative estimate of drug-likeness (QED) is 0.879. The monoisotopic (exact) mass is 271 g/mol. The molecule has 0 amide bonds. The van der Waals surface area contributed by atoms with Gasteiger partial charge in [-0.1, -0.05) is 30.3 Å². The third kappa shape index (κ3) is 2.37. The van der Waals surface area contributed by atoms with E-state index in [1.54, 1.807) is 7.11 Å². The van der Waals surface area contributed by atoms with Crippen molar-refractivity contribution in [1.82, 2.24) is 15.3 Å². The minimum absolute atomic E-state index is 0.0739. The predicted molar refractivity (Wildman–Crippen MR) is 75.6 cm³/mol. The van der Waals surface area contributed by atoms with Crippen LogP contribution >= 0.6 is 0 Å². The smallest absolute Gasteiger partial charge is 0.255 e. The number of nitrogens with zero attached hydrogens (tertiary/aromatic N) is 1. The first-order valence-corrected chi connectivity index (χ1v) is 6.70. The fourth-order valence-corrected chi connectivity index (χ4v) is 2.53. The lowest BCUT2D eigenvalue weighted by atomic mass is 10.1. The zero-order valence-electron chi connectivity index (χ0n) is 11.3. The van der Waals surface area contributed by atoms with Gasteiger partial charge in [0, 0.05) is 26.6 Å². The molecule has 5 nitrogen and oxygen atoms in total. The van der Waals surface area contributed by atoms with E-state index < -0.39 is 0 Å². The number of ether oxygens (including phenoxy) is 1. The molecular weight excluding hydrogens is 254 g/mol. The number of H-pyrrole nitrogens is 1. The van der Waals surface area contributed by atoms with Crippen LogP contribution in [-0.4, -0.2) is 23.6 Å². The number of fused-ring (bicyclic) bond motifs is 1. The topological polar surface area (TPSA) is 67.0 Å². The molecule has 2 N–H and O–H groups in total. The molecule has 0 saturated heterocycles. The lowest BCUT2D eigenvalue weighted by Crippen LogP contribution is -2.32. The fourth-order valence-electron chi connectivity index (χ4n) is 2.53. The first-order valence-electron chi connectivity index (χ1n) is 6.70. The van der Waals surface area contributed by atoms with Crippen LogP contribution in [0, 0.1) is 0 Å². The maximum atomic E-state index is 12.1. The van der Waals surface area contributed by atoms with Gasteiger partial charge < -0.3 is 15.0 Å². The van der Waals surface area contributed by atoms with E-state index in [9.17, 15) is 4.79 Å². The van der Waals surface area contributed by atoms with Gasteiger partial charge in [0.05, 0.1) is 11.3 Å². The number of rotatable bonds is 3. The maximum absolute atomic E-state index is 12.1. The van der Waals surface area contributed by atoms with Crippen molar-refractivity contribution < 1.29 is 4.74 Å². The van der Waals surface area contributed by atoms with Crippen LogP contribution in [0.15, 0.2) is 35.1 Å². The van der Waals surface area contributed by atoms with Gasteiger partial charge in [0.2, 0.25) is 0 Å². The van der Waals surface area contributed by atoms with Gasteiger partial charge in [0.1, 0.15) is 11.9 Å². The molecule has 2 heterocycles. The Kier molecular flexibility index (Phi) is 3.62. The number of nitrogens with one attached hydrogen (secondary N) is 2. The number of aromatic nitrogens is 2. The van der Waals surface area contributed by atoms with Crippen molar-refractivity contribution in [3.63, 3.8) is 0 Å². The normalized spacial score (nSPS) is 15.7. The van der Waals surface area contributed by atoms with Crippen molar-refractivity contribution in [2.75, 3.05) is 13.7 Å². The Bertz CT molecular complexity index is 652. The van der Waals surface area contributed by atoms with Crippen LogP contribution in [0.25, 0.3) is 0 Å². The van der Waals surface area contributed by atoms with E-state index in [2.05, 4.69) is 15.3 Å². The zero-order chi connectivity index (χ0) is 13.9. The van der Waals surface area contributed by atoms with Gasteiger partial charge >= 0.3 is 0 Å². The van der Waals surface area contributed by atoms with Crippen molar-refractivity contribution in [3.8, 4) is 0 Å². The summed E-state index contributed by atoms with van der Waals surface area (Å²) in [5.41, 5.74) is 2.52. The molecule has 1 atom stereocenters. The molecule has 2 aromatic rings. The average molecular weight is 271 g/mol. The van der Waals surface area contributed by atoms with E-state index in [0.29, 0.717) is 12.4 Å². The highest BCUT2D eigenvalue weighted by Gasteiger charge is 2.20. The molecule has 1 aromatic carbocycles. The minimum Gasteiger partial charge on any atom is -0.369 e. The number of benzene rings is 1. The Balaban J connectivity index is 2.05. The first-order chi connectivity index (χ1) is 9.79. The summed E-state index contributed by atoms with van der Waals surface area (Å²) in [5.74, 6) is 0.573. The van der Waals surface area contributed by atoms with E-state index in [0.717, 1.165) is 29.8 Å². The second-order valence-corrected chi connectivity index (χ2v) is 4.83. The zero-order valence-corrected chi connectivity index (χ0v) is 11.3. The Hall–Kier alpha value is -1.98. The fraction of sp³-hybridized carbons (Fsp3) is 0.333. The van der Waals surface area contributed by atoms with Crippen molar-refractivity contribution in [3.05, 3.63) is 63.3 Å². The van der Waals surface area contributed by atoms with Crippen LogP contribution in [0.3, 0.4) is 0 Å². The molecular formula is C15H17N3O2. The van der Waals surface area contributed by atoms with Crippen molar-refractivity contribution in [2.45, 2.75) is 19.1 Å². The molecule has 0 radical (unpaired) electrons. The molecule has 0 saturated carbocycles.